The van der Waals surface area contributed by atoms with E-state index in [-0.39, 0.29) is 16.8 Å². The number of carbonyl (C=O) groups is 2. The topological polar surface area (TPSA) is 63.6 Å². The van der Waals surface area contributed by atoms with Crippen molar-refractivity contribution >= 4 is 40.9 Å². The van der Waals surface area contributed by atoms with Gasteiger partial charge in [0.25, 0.3) is 11.8 Å². The molecule has 156 valence electrons. The quantitative estimate of drug-likeness (QED) is 0.465. The molecule has 4 rings (SSSR count). The van der Waals surface area contributed by atoms with Crippen molar-refractivity contribution in [2.45, 2.75) is 46.3 Å². The number of ether oxygens (including phenoxy) is 1. The van der Waals surface area contributed by atoms with Crippen molar-refractivity contribution in [3.63, 3.8) is 0 Å². The number of thiocarbonyl (C=S) groups is 1. The zero-order chi connectivity index (χ0) is 21.4. The molecule has 0 radical (unpaired) electrons. The van der Waals surface area contributed by atoms with Crippen LogP contribution in [0.15, 0.2) is 35.9 Å². The highest BCUT2D eigenvalue weighted by molar-refractivity contribution is 7.80. The molecule has 1 atom stereocenters. The summed E-state index contributed by atoms with van der Waals surface area (Å²) in [5.41, 5.74) is 4.64. The van der Waals surface area contributed by atoms with Crippen LogP contribution >= 0.6 is 12.2 Å². The Bertz CT molecular complexity index is 1060. The predicted octanol–water partition coefficient (Wildman–Crippen LogP) is 3.42. The first-order valence-electron chi connectivity index (χ1n) is 10.1. The molecule has 30 heavy (non-hydrogen) atoms. The standard InChI is InChI=1S/C23H25N3O3S/c1-14-6-4-7-18(10-14)26-22(28)20(21(27)24-23(26)30)12-17-11-15(2)25(16(17)3)13-19-8-5-9-29-19/h4,6-7,10-12,19H,5,8-9,13H2,1-3H3,(H,24,27,30). The van der Waals surface area contributed by atoms with Crippen LogP contribution in [-0.2, 0) is 20.9 Å². The van der Waals surface area contributed by atoms with Gasteiger partial charge in [-0.25, -0.2) is 0 Å². The Balaban J connectivity index is 1.67. The Hall–Kier alpha value is -2.77. The lowest BCUT2D eigenvalue weighted by Crippen LogP contribution is -2.54. The van der Waals surface area contributed by atoms with Crippen LogP contribution in [0.5, 0.6) is 0 Å². The Morgan fingerprint density at radius 2 is 2.03 bits per heavy atom. The molecular formula is C23H25N3O3S. The van der Waals surface area contributed by atoms with Gasteiger partial charge in [0.15, 0.2) is 5.11 Å². The lowest BCUT2D eigenvalue weighted by molar-refractivity contribution is -0.122. The monoisotopic (exact) mass is 423 g/mol. The van der Waals surface area contributed by atoms with Gasteiger partial charge in [-0.05, 0) is 81.2 Å². The second kappa shape index (κ2) is 8.16. The number of amides is 2. The molecule has 2 saturated heterocycles. The van der Waals surface area contributed by atoms with Crippen molar-refractivity contribution in [2.75, 3.05) is 11.5 Å². The van der Waals surface area contributed by atoms with Crippen molar-refractivity contribution in [2.24, 2.45) is 0 Å². The van der Waals surface area contributed by atoms with Gasteiger partial charge in [0.05, 0.1) is 11.8 Å². The zero-order valence-electron chi connectivity index (χ0n) is 17.4. The minimum absolute atomic E-state index is 0.0717. The summed E-state index contributed by atoms with van der Waals surface area (Å²) in [6.45, 7) is 7.56. The van der Waals surface area contributed by atoms with Crippen LogP contribution in [-0.4, -0.2) is 34.2 Å². The van der Waals surface area contributed by atoms with Gasteiger partial charge in [0.2, 0.25) is 0 Å². The van der Waals surface area contributed by atoms with Crippen LogP contribution in [0.3, 0.4) is 0 Å². The van der Waals surface area contributed by atoms with E-state index < -0.39 is 11.8 Å². The summed E-state index contributed by atoms with van der Waals surface area (Å²) in [5, 5.41) is 2.74. The number of nitrogens with one attached hydrogen (secondary N) is 1. The smallest absolute Gasteiger partial charge is 0.270 e. The van der Waals surface area contributed by atoms with Gasteiger partial charge in [-0.2, -0.15) is 0 Å². The van der Waals surface area contributed by atoms with Gasteiger partial charge in [-0.15, -0.1) is 0 Å². The molecule has 1 aromatic carbocycles. The molecule has 3 heterocycles. The molecule has 2 aliphatic rings. The summed E-state index contributed by atoms with van der Waals surface area (Å²) in [5.74, 6) is -0.892. The molecule has 0 bridgehead atoms. The molecule has 7 heteroatoms. The summed E-state index contributed by atoms with van der Waals surface area (Å²) < 4.78 is 7.96. The number of carbonyl (C=O) groups excluding carboxylic acids is 2. The highest BCUT2D eigenvalue weighted by Gasteiger charge is 2.34. The van der Waals surface area contributed by atoms with E-state index in [4.69, 9.17) is 17.0 Å². The lowest BCUT2D eigenvalue weighted by Gasteiger charge is -2.29. The Labute approximate surface area is 181 Å². The van der Waals surface area contributed by atoms with E-state index in [0.29, 0.717) is 5.69 Å². The zero-order valence-corrected chi connectivity index (χ0v) is 18.2. The normalized spacial score (nSPS) is 20.9. The fourth-order valence-electron chi connectivity index (χ4n) is 4.06. The van der Waals surface area contributed by atoms with Crippen LogP contribution in [0.2, 0.25) is 0 Å². The number of benzene rings is 1. The molecule has 0 aliphatic carbocycles. The molecule has 2 amide bonds. The molecule has 1 aromatic heterocycles. The highest BCUT2D eigenvalue weighted by atomic mass is 32.1. The third-order valence-electron chi connectivity index (χ3n) is 5.68. The van der Waals surface area contributed by atoms with Crippen LogP contribution < -0.4 is 10.2 Å². The first-order chi connectivity index (χ1) is 14.3. The molecule has 0 spiro atoms. The number of rotatable bonds is 4. The first-order valence-corrected chi connectivity index (χ1v) is 10.5. The second-order valence-corrected chi connectivity index (χ2v) is 8.26. The predicted molar refractivity (Wildman–Crippen MR) is 120 cm³/mol. The molecule has 6 nitrogen and oxygen atoms in total. The number of aryl methyl sites for hydroxylation is 2. The van der Waals surface area contributed by atoms with E-state index in [0.717, 1.165) is 48.5 Å². The average Bonchev–Trinajstić information content (AvgIpc) is 3.29. The van der Waals surface area contributed by atoms with E-state index in [1.165, 1.54) is 4.90 Å². The first kappa shape index (κ1) is 20.5. The maximum Gasteiger partial charge on any atom is 0.270 e. The molecular weight excluding hydrogens is 398 g/mol. The van der Waals surface area contributed by atoms with Crippen molar-refractivity contribution in [1.29, 1.82) is 0 Å². The highest BCUT2D eigenvalue weighted by Crippen LogP contribution is 2.26. The SMILES string of the molecule is Cc1cccc(N2C(=O)C(=Cc3cc(C)n(CC4CCCO4)c3C)C(=O)NC2=S)c1. The van der Waals surface area contributed by atoms with E-state index in [2.05, 4.69) is 9.88 Å². The molecule has 2 aliphatic heterocycles. The summed E-state index contributed by atoms with van der Waals surface area (Å²) in [6, 6.07) is 9.48. The Morgan fingerprint density at radius 3 is 2.73 bits per heavy atom. The molecule has 0 saturated carbocycles. The summed E-state index contributed by atoms with van der Waals surface area (Å²) in [4.78, 5) is 27.2. The van der Waals surface area contributed by atoms with Gasteiger partial charge < -0.3 is 9.30 Å². The lowest BCUT2D eigenvalue weighted by atomic mass is 10.1. The number of anilines is 1. The minimum atomic E-state index is -0.474. The average molecular weight is 424 g/mol. The van der Waals surface area contributed by atoms with Crippen LogP contribution in [0.25, 0.3) is 6.08 Å². The Kier molecular flexibility index (Phi) is 5.58. The fourth-order valence-corrected chi connectivity index (χ4v) is 4.34. The molecule has 2 aromatic rings. The Morgan fingerprint density at radius 1 is 1.23 bits per heavy atom. The van der Waals surface area contributed by atoms with Crippen LogP contribution in [0, 0.1) is 20.8 Å². The number of nitrogens with zero attached hydrogens (tertiary/aromatic N) is 2. The third kappa shape index (κ3) is 3.82. The van der Waals surface area contributed by atoms with Crippen LogP contribution in [0.4, 0.5) is 5.69 Å². The molecule has 1 unspecified atom stereocenters. The molecule has 2 fully saturated rings. The minimum Gasteiger partial charge on any atom is -0.376 e. The van der Waals surface area contributed by atoms with Gasteiger partial charge in [-0.3, -0.25) is 19.8 Å². The van der Waals surface area contributed by atoms with Crippen molar-refractivity contribution in [3.8, 4) is 0 Å². The van der Waals surface area contributed by atoms with Crippen LogP contribution in [0.1, 0.15) is 35.4 Å². The summed E-state index contributed by atoms with van der Waals surface area (Å²) in [6.07, 6.45) is 4.02. The largest absolute Gasteiger partial charge is 0.376 e. The van der Waals surface area contributed by atoms with E-state index in [1.54, 1.807) is 12.1 Å². The summed E-state index contributed by atoms with van der Waals surface area (Å²) in [7, 11) is 0. The van der Waals surface area contributed by atoms with Crippen molar-refractivity contribution < 1.29 is 14.3 Å². The van der Waals surface area contributed by atoms with Gasteiger partial charge >= 0.3 is 0 Å². The van der Waals surface area contributed by atoms with Gasteiger partial charge in [-0.1, -0.05) is 12.1 Å². The van der Waals surface area contributed by atoms with Crippen molar-refractivity contribution in [3.05, 3.63) is 58.4 Å². The van der Waals surface area contributed by atoms with Gasteiger partial charge in [0.1, 0.15) is 5.57 Å². The maximum absolute atomic E-state index is 13.2. The second-order valence-electron chi connectivity index (χ2n) is 7.87. The van der Waals surface area contributed by atoms with E-state index in [1.807, 2.05) is 45.0 Å². The third-order valence-corrected chi connectivity index (χ3v) is 5.97. The van der Waals surface area contributed by atoms with Gasteiger partial charge in [0, 0.05) is 24.5 Å². The van der Waals surface area contributed by atoms with Crippen molar-refractivity contribution in [1.82, 2.24) is 9.88 Å². The number of hydrogen-bond donors (Lipinski definition) is 1. The maximum atomic E-state index is 13.2. The number of aromatic nitrogens is 1. The van der Waals surface area contributed by atoms with E-state index in [9.17, 15) is 9.59 Å². The van der Waals surface area contributed by atoms with E-state index >= 15 is 0 Å². The number of hydrogen-bond acceptors (Lipinski definition) is 4. The fraction of sp³-hybridized carbons (Fsp3) is 0.348. The molecule has 1 N–H and O–H groups in total. The summed E-state index contributed by atoms with van der Waals surface area (Å²) >= 11 is 5.28.